The number of nitrogens with zero attached hydrogens (tertiary/aromatic N) is 4. The largest absolute Gasteiger partial charge is 0.281 e. The van der Waals surface area contributed by atoms with Crippen LogP contribution in [0.25, 0.3) is 11.4 Å². The number of aliphatic imine (C=N–C) groups is 2. The Kier molecular flexibility index (Phi) is 8.16. The van der Waals surface area contributed by atoms with Gasteiger partial charge in [-0.15, -0.1) is 5.10 Å². The van der Waals surface area contributed by atoms with Crippen molar-refractivity contribution in [1.82, 2.24) is 15.0 Å². The van der Waals surface area contributed by atoms with Gasteiger partial charge in [-0.2, -0.15) is 0 Å². The van der Waals surface area contributed by atoms with Gasteiger partial charge in [0.1, 0.15) is 5.04 Å². The lowest BCUT2D eigenvalue weighted by Crippen LogP contribution is -2.12. The molecule has 0 aliphatic heterocycles. The van der Waals surface area contributed by atoms with E-state index in [0.717, 1.165) is 27.0 Å². The predicted molar refractivity (Wildman–Crippen MR) is 114 cm³/mol. The fourth-order valence-corrected chi connectivity index (χ4v) is 3.89. The first-order valence-electron chi connectivity index (χ1n) is 9.54. The van der Waals surface area contributed by atoms with Crippen LogP contribution in [-0.4, -0.2) is 38.2 Å². The fraction of sp³-hybridized carbons (Fsp3) is 0.550. The van der Waals surface area contributed by atoms with Gasteiger partial charge in [-0.1, -0.05) is 69.1 Å². The number of nitrogens with one attached hydrogen (secondary N) is 1. The van der Waals surface area contributed by atoms with E-state index in [4.69, 9.17) is 4.99 Å². The first kappa shape index (κ1) is 20.5. The van der Waals surface area contributed by atoms with E-state index in [9.17, 15) is 0 Å². The number of H-pyrrole nitrogens is 1. The Bertz CT molecular complexity index is 706. The molecule has 0 atom stereocenters. The summed E-state index contributed by atoms with van der Waals surface area (Å²) in [5, 5.41) is 9.54. The topological polar surface area (TPSA) is 58.3 Å². The summed E-state index contributed by atoms with van der Waals surface area (Å²) in [7, 11) is 3.72. The minimum Gasteiger partial charge on any atom is -0.281 e. The van der Waals surface area contributed by atoms with E-state index in [1.165, 1.54) is 32.1 Å². The zero-order valence-corrected chi connectivity index (χ0v) is 17.4. The number of aryl methyl sites for hydroxylation is 1. The molecule has 0 saturated heterocycles. The molecule has 1 N–H and O–H groups in total. The Morgan fingerprint density at radius 2 is 1.77 bits per heavy atom. The molecule has 0 radical (unpaired) electrons. The molecule has 0 unspecified atom stereocenters. The molecule has 0 amide bonds. The summed E-state index contributed by atoms with van der Waals surface area (Å²) in [6.07, 6.45) is 6.45. The van der Waals surface area contributed by atoms with Gasteiger partial charge in [-0.3, -0.25) is 15.1 Å². The highest BCUT2D eigenvalue weighted by Gasteiger charge is 2.14. The van der Waals surface area contributed by atoms with Gasteiger partial charge in [-0.05, 0) is 19.8 Å². The second-order valence-corrected chi connectivity index (χ2v) is 7.41. The molecule has 0 bridgehead atoms. The third kappa shape index (κ3) is 5.59. The number of aromatic amines is 1. The van der Waals surface area contributed by atoms with Crippen LogP contribution in [0.2, 0.25) is 0 Å². The van der Waals surface area contributed by atoms with Gasteiger partial charge in [0.25, 0.3) is 0 Å². The molecule has 5 nitrogen and oxygen atoms in total. The van der Waals surface area contributed by atoms with Crippen LogP contribution in [0.15, 0.2) is 34.3 Å². The molecule has 1 fully saturated rings. The highest BCUT2D eigenvalue weighted by Crippen LogP contribution is 2.24. The molecule has 0 spiro atoms. The van der Waals surface area contributed by atoms with Gasteiger partial charge in [0, 0.05) is 25.2 Å². The van der Waals surface area contributed by atoms with E-state index >= 15 is 0 Å². The average molecular weight is 374 g/mol. The maximum Gasteiger partial charge on any atom is 0.175 e. The lowest BCUT2D eigenvalue weighted by molar-refractivity contribution is 0.444. The highest BCUT2D eigenvalue weighted by molar-refractivity contribution is 8.27. The van der Waals surface area contributed by atoms with Crippen LogP contribution >= 0.6 is 11.8 Å². The Hall–Kier alpha value is -1.82. The lowest BCUT2D eigenvalue weighted by atomic mass is 9.96. The zero-order chi connectivity index (χ0) is 18.9. The third-order valence-electron chi connectivity index (χ3n) is 4.31. The van der Waals surface area contributed by atoms with Crippen molar-refractivity contribution < 1.29 is 0 Å². The number of rotatable bonds is 3. The van der Waals surface area contributed by atoms with Gasteiger partial charge in [-0.25, -0.2) is 4.80 Å². The van der Waals surface area contributed by atoms with Crippen molar-refractivity contribution in [3.8, 4) is 11.4 Å². The van der Waals surface area contributed by atoms with Crippen molar-refractivity contribution >= 4 is 21.8 Å². The normalized spacial score (nSPS) is 16.3. The summed E-state index contributed by atoms with van der Waals surface area (Å²) in [6.45, 7) is 6.10. The van der Waals surface area contributed by atoms with Gasteiger partial charge in [0.15, 0.2) is 5.82 Å². The molecule has 3 rings (SSSR count). The average Bonchev–Trinajstić information content (AvgIpc) is 2.66. The van der Waals surface area contributed by atoms with E-state index in [1.54, 1.807) is 16.6 Å². The first-order valence-corrected chi connectivity index (χ1v) is 10.4. The molecule has 1 heterocycles. The first-order chi connectivity index (χ1) is 12.7. The molecular weight excluding hydrogens is 342 g/mol. The number of aromatic nitrogens is 3. The second kappa shape index (κ2) is 10.4. The zero-order valence-electron chi connectivity index (χ0n) is 16.6. The van der Waals surface area contributed by atoms with Crippen LogP contribution in [0.1, 0.15) is 58.4 Å². The van der Waals surface area contributed by atoms with Crippen LogP contribution in [-0.2, 0) is 7.05 Å². The number of thioether (sulfide) groups is 1. The second-order valence-electron chi connectivity index (χ2n) is 6.23. The predicted octanol–water partition coefficient (Wildman–Crippen LogP) is 5.30. The molecule has 1 aromatic carbocycles. The molecule has 6 heteroatoms. The number of benzene rings is 1. The van der Waals surface area contributed by atoms with Crippen LogP contribution in [0, 0.1) is 0 Å². The molecule has 2 aromatic rings. The summed E-state index contributed by atoms with van der Waals surface area (Å²) in [5.41, 5.74) is 2.21. The summed E-state index contributed by atoms with van der Waals surface area (Å²) in [4.78, 5) is 11.0. The lowest BCUT2D eigenvalue weighted by Gasteiger charge is -2.18. The van der Waals surface area contributed by atoms with Gasteiger partial charge in [0.05, 0.1) is 11.1 Å². The minimum atomic E-state index is 0.506. The number of hydrogen-bond acceptors (Lipinski definition) is 4. The summed E-state index contributed by atoms with van der Waals surface area (Å²) in [6, 6.07) is 8.86. The van der Waals surface area contributed by atoms with E-state index in [0.29, 0.717) is 6.04 Å². The van der Waals surface area contributed by atoms with Crippen molar-refractivity contribution in [1.29, 1.82) is 0 Å². The van der Waals surface area contributed by atoms with Crippen LogP contribution in [0.5, 0.6) is 0 Å². The van der Waals surface area contributed by atoms with Crippen molar-refractivity contribution in [3.63, 3.8) is 0 Å². The van der Waals surface area contributed by atoms with E-state index in [2.05, 4.69) is 46.4 Å². The SMILES string of the molecule is CC.CN=C(SC(C)=NC1CCCCC1)c1ccc(-c2nn(C)[nH]2)cc1. The van der Waals surface area contributed by atoms with Crippen LogP contribution < -0.4 is 0 Å². The molecule has 142 valence electrons. The van der Waals surface area contributed by atoms with Gasteiger partial charge in [0.2, 0.25) is 0 Å². The number of hydrogen-bond donors (Lipinski definition) is 1. The molecule has 1 aromatic heterocycles. The van der Waals surface area contributed by atoms with Gasteiger partial charge < -0.3 is 0 Å². The molecular formula is C20H31N5S. The summed E-state index contributed by atoms with van der Waals surface area (Å²) in [5.74, 6) is 0.904. The van der Waals surface area contributed by atoms with Crippen molar-refractivity contribution in [2.45, 2.75) is 58.9 Å². The standard InChI is InChI=1S/C18H25N5S.C2H6/c1-13(20-16-7-5-4-6-8-16)24-18(19-2)15-11-9-14(10-12-15)17-21-23(3)22-17;1-2/h9-12,16H,4-8H2,1-3H3,(H,21,22);1-2H3. The Morgan fingerprint density at radius 1 is 1.15 bits per heavy atom. The highest BCUT2D eigenvalue weighted by atomic mass is 32.2. The molecule has 1 aliphatic carbocycles. The van der Waals surface area contributed by atoms with Crippen LogP contribution in [0.3, 0.4) is 0 Å². The van der Waals surface area contributed by atoms with Gasteiger partial charge >= 0.3 is 0 Å². The quantitative estimate of drug-likeness (QED) is 0.586. The maximum atomic E-state index is 4.89. The maximum absolute atomic E-state index is 4.89. The Morgan fingerprint density at radius 3 is 2.31 bits per heavy atom. The smallest absolute Gasteiger partial charge is 0.175 e. The molecule has 26 heavy (non-hydrogen) atoms. The monoisotopic (exact) mass is 373 g/mol. The minimum absolute atomic E-state index is 0.506. The summed E-state index contributed by atoms with van der Waals surface area (Å²) < 4.78 is 0. The summed E-state index contributed by atoms with van der Waals surface area (Å²) >= 11 is 1.67. The van der Waals surface area contributed by atoms with E-state index in [1.807, 2.05) is 27.9 Å². The van der Waals surface area contributed by atoms with Crippen LogP contribution in [0.4, 0.5) is 0 Å². The molecule has 1 saturated carbocycles. The van der Waals surface area contributed by atoms with Crippen molar-refractivity contribution in [2.24, 2.45) is 17.0 Å². The fourth-order valence-electron chi connectivity index (χ4n) is 3.07. The van der Waals surface area contributed by atoms with Crippen molar-refractivity contribution in [2.75, 3.05) is 7.05 Å². The van der Waals surface area contributed by atoms with E-state index in [-0.39, 0.29) is 0 Å². The third-order valence-corrected chi connectivity index (χ3v) is 5.32. The Balaban J connectivity index is 0.00000117. The molecule has 1 aliphatic rings. The Labute approximate surface area is 161 Å². The van der Waals surface area contributed by atoms with E-state index < -0.39 is 0 Å². The van der Waals surface area contributed by atoms with Crippen molar-refractivity contribution in [3.05, 3.63) is 29.8 Å².